The highest BCUT2D eigenvalue weighted by molar-refractivity contribution is 7.15. The van der Waals surface area contributed by atoms with Crippen molar-refractivity contribution in [1.29, 1.82) is 0 Å². The summed E-state index contributed by atoms with van der Waals surface area (Å²) >= 11 is 0.954. The molecule has 7 heteroatoms. The van der Waals surface area contributed by atoms with E-state index in [4.69, 9.17) is 0 Å². The first-order valence-electron chi connectivity index (χ1n) is 5.39. The van der Waals surface area contributed by atoms with Gasteiger partial charge in [-0.05, 0) is 31.3 Å². The van der Waals surface area contributed by atoms with Crippen LogP contribution in [0.3, 0.4) is 0 Å². The highest BCUT2D eigenvalue weighted by Gasteiger charge is 2.37. The average molecular weight is 290 g/mol. The number of hydrogen-bond acceptors (Lipinski definition) is 3. The van der Waals surface area contributed by atoms with Crippen LogP contribution in [-0.2, 0) is 12.7 Å². The first-order chi connectivity index (χ1) is 8.91. The number of nitrogens with zero attached hydrogens (tertiary/aromatic N) is 1. The lowest BCUT2D eigenvalue weighted by Crippen LogP contribution is -2.12. The quantitative estimate of drug-likeness (QED) is 0.872. The van der Waals surface area contributed by atoms with Gasteiger partial charge in [0, 0.05) is 12.1 Å². The van der Waals surface area contributed by atoms with Crippen LogP contribution in [0.4, 0.5) is 17.6 Å². The Morgan fingerprint density at radius 2 is 1.84 bits per heavy atom. The van der Waals surface area contributed by atoms with Gasteiger partial charge < -0.3 is 5.32 Å². The van der Waals surface area contributed by atoms with Crippen LogP contribution < -0.4 is 5.32 Å². The fraction of sp³-hybridized carbons (Fsp3) is 0.250. The second-order valence-electron chi connectivity index (χ2n) is 3.83. The van der Waals surface area contributed by atoms with Crippen molar-refractivity contribution in [3.05, 3.63) is 40.7 Å². The Bertz CT molecular complexity index is 560. The molecule has 0 aliphatic carbocycles. The minimum Gasteiger partial charge on any atom is -0.315 e. The van der Waals surface area contributed by atoms with E-state index in [0.717, 1.165) is 11.3 Å². The molecule has 0 amide bonds. The summed E-state index contributed by atoms with van der Waals surface area (Å²) in [5, 5.41) is 2.91. The van der Waals surface area contributed by atoms with Gasteiger partial charge in [0.05, 0.1) is 4.88 Å². The van der Waals surface area contributed by atoms with Crippen molar-refractivity contribution in [2.75, 3.05) is 7.05 Å². The highest BCUT2D eigenvalue weighted by Crippen LogP contribution is 2.37. The highest BCUT2D eigenvalue weighted by atomic mass is 32.1. The van der Waals surface area contributed by atoms with Gasteiger partial charge in [0.2, 0.25) is 0 Å². The average Bonchev–Trinajstić information content (AvgIpc) is 2.74. The molecule has 0 saturated heterocycles. The molecule has 0 fully saturated rings. The maximum absolute atomic E-state index is 12.8. The standard InChI is InChI=1S/C12H10F4N2S/c1-17-6-9-10(12(14,15)16)18-11(19-9)7-2-4-8(13)5-3-7/h2-5,17H,6H2,1H3. The van der Waals surface area contributed by atoms with Crippen LogP contribution in [0.2, 0.25) is 0 Å². The fourth-order valence-corrected chi connectivity index (χ4v) is 2.67. The predicted molar refractivity (Wildman–Crippen MR) is 65.3 cm³/mol. The zero-order valence-electron chi connectivity index (χ0n) is 9.88. The summed E-state index contributed by atoms with van der Waals surface area (Å²) < 4.78 is 51.3. The van der Waals surface area contributed by atoms with E-state index >= 15 is 0 Å². The van der Waals surface area contributed by atoms with Gasteiger partial charge in [0.25, 0.3) is 0 Å². The van der Waals surface area contributed by atoms with Crippen LogP contribution in [0, 0.1) is 5.82 Å². The minimum atomic E-state index is -4.49. The van der Waals surface area contributed by atoms with Crippen LogP contribution in [0.1, 0.15) is 10.6 Å². The summed E-state index contributed by atoms with van der Waals surface area (Å²) in [4.78, 5) is 3.75. The number of hydrogen-bond donors (Lipinski definition) is 1. The Hall–Kier alpha value is -1.47. The molecule has 1 aromatic heterocycles. The van der Waals surface area contributed by atoms with Gasteiger partial charge >= 0.3 is 6.18 Å². The van der Waals surface area contributed by atoms with Crippen molar-refractivity contribution in [3.8, 4) is 10.6 Å². The second-order valence-corrected chi connectivity index (χ2v) is 4.91. The van der Waals surface area contributed by atoms with Crippen LogP contribution in [0.15, 0.2) is 24.3 Å². The van der Waals surface area contributed by atoms with E-state index < -0.39 is 17.7 Å². The Labute approximate surface area is 111 Å². The largest absolute Gasteiger partial charge is 0.434 e. The van der Waals surface area contributed by atoms with E-state index in [1.807, 2.05) is 0 Å². The van der Waals surface area contributed by atoms with Gasteiger partial charge in [-0.25, -0.2) is 9.37 Å². The molecule has 19 heavy (non-hydrogen) atoms. The van der Waals surface area contributed by atoms with E-state index in [9.17, 15) is 17.6 Å². The molecule has 0 saturated carbocycles. The van der Waals surface area contributed by atoms with Crippen LogP contribution in [0.25, 0.3) is 10.6 Å². The zero-order chi connectivity index (χ0) is 14.0. The number of alkyl halides is 3. The predicted octanol–water partition coefficient (Wildman–Crippen LogP) is 3.69. The molecule has 1 heterocycles. The van der Waals surface area contributed by atoms with Crippen molar-refractivity contribution in [1.82, 2.24) is 10.3 Å². The van der Waals surface area contributed by atoms with Gasteiger partial charge in [-0.1, -0.05) is 0 Å². The number of rotatable bonds is 3. The summed E-state index contributed by atoms with van der Waals surface area (Å²) in [5.74, 6) is -0.438. The molecule has 0 radical (unpaired) electrons. The maximum Gasteiger partial charge on any atom is 0.434 e. The van der Waals surface area contributed by atoms with Gasteiger partial charge in [-0.15, -0.1) is 11.3 Å². The molecule has 0 atom stereocenters. The van der Waals surface area contributed by atoms with Crippen LogP contribution in [0.5, 0.6) is 0 Å². The summed E-state index contributed by atoms with van der Waals surface area (Å²) in [7, 11) is 1.57. The van der Waals surface area contributed by atoms with Crippen molar-refractivity contribution in [3.63, 3.8) is 0 Å². The summed E-state index contributed by atoms with van der Waals surface area (Å²) in [6.07, 6.45) is -4.49. The van der Waals surface area contributed by atoms with Gasteiger partial charge in [-0.2, -0.15) is 13.2 Å². The SMILES string of the molecule is CNCc1sc(-c2ccc(F)cc2)nc1C(F)(F)F. The zero-order valence-corrected chi connectivity index (χ0v) is 10.7. The molecular weight excluding hydrogens is 280 g/mol. The summed E-state index contributed by atoms with van der Waals surface area (Å²) in [5.41, 5.74) is -0.412. The molecular formula is C12H10F4N2S. The molecule has 0 aliphatic heterocycles. The minimum absolute atomic E-state index is 0.0910. The summed E-state index contributed by atoms with van der Waals surface area (Å²) in [6, 6.07) is 5.22. The lowest BCUT2D eigenvalue weighted by molar-refractivity contribution is -0.141. The first kappa shape index (κ1) is 14.0. The Kier molecular flexibility index (Phi) is 3.86. The van der Waals surface area contributed by atoms with E-state index in [1.165, 1.54) is 24.3 Å². The Morgan fingerprint density at radius 1 is 1.21 bits per heavy atom. The molecule has 2 aromatic rings. The van der Waals surface area contributed by atoms with Gasteiger partial charge in [-0.3, -0.25) is 0 Å². The van der Waals surface area contributed by atoms with Crippen LogP contribution >= 0.6 is 11.3 Å². The number of aromatic nitrogens is 1. The number of thiazole rings is 1. The molecule has 102 valence electrons. The van der Waals surface area contributed by atoms with Crippen molar-refractivity contribution in [2.24, 2.45) is 0 Å². The third-order valence-corrected chi connectivity index (χ3v) is 3.50. The third-order valence-electron chi connectivity index (χ3n) is 2.39. The fourth-order valence-electron chi connectivity index (χ4n) is 1.57. The Morgan fingerprint density at radius 3 is 2.37 bits per heavy atom. The van der Waals surface area contributed by atoms with E-state index in [-0.39, 0.29) is 16.4 Å². The molecule has 0 bridgehead atoms. The lowest BCUT2D eigenvalue weighted by atomic mass is 10.2. The normalized spacial score (nSPS) is 11.8. The molecule has 2 nitrogen and oxygen atoms in total. The Balaban J connectivity index is 2.45. The summed E-state index contributed by atoms with van der Waals surface area (Å²) in [6.45, 7) is 0.0910. The van der Waals surface area contributed by atoms with Crippen molar-refractivity contribution < 1.29 is 17.6 Å². The second kappa shape index (κ2) is 5.26. The van der Waals surface area contributed by atoms with Crippen molar-refractivity contribution >= 4 is 11.3 Å². The number of nitrogens with one attached hydrogen (secondary N) is 1. The van der Waals surface area contributed by atoms with Gasteiger partial charge in [0.1, 0.15) is 10.8 Å². The smallest absolute Gasteiger partial charge is 0.315 e. The first-order valence-corrected chi connectivity index (χ1v) is 6.21. The molecule has 2 rings (SSSR count). The molecule has 0 aliphatic rings. The molecule has 1 aromatic carbocycles. The van der Waals surface area contributed by atoms with Crippen molar-refractivity contribution in [2.45, 2.75) is 12.7 Å². The van der Waals surface area contributed by atoms with E-state index in [2.05, 4.69) is 10.3 Å². The topological polar surface area (TPSA) is 24.9 Å². The number of benzene rings is 1. The van der Waals surface area contributed by atoms with Gasteiger partial charge in [0.15, 0.2) is 5.69 Å². The third kappa shape index (κ3) is 3.10. The number of halogens is 4. The monoisotopic (exact) mass is 290 g/mol. The van der Waals surface area contributed by atoms with E-state index in [1.54, 1.807) is 7.05 Å². The maximum atomic E-state index is 12.8. The lowest BCUT2D eigenvalue weighted by Gasteiger charge is -2.04. The molecule has 1 N–H and O–H groups in total. The molecule has 0 unspecified atom stereocenters. The van der Waals surface area contributed by atoms with E-state index in [0.29, 0.717) is 5.56 Å². The molecule has 0 spiro atoms. The van der Waals surface area contributed by atoms with Crippen LogP contribution in [-0.4, -0.2) is 12.0 Å².